The third kappa shape index (κ3) is 2.72. The molecule has 2 nitrogen and oxygen atoms in total. The van der Waals surface area contributed by atoms with Gasteiger partial charge in [-0.1, -0.05) is 35.9 Å². The topological polar surface area (TPSA) is 22.1 Å². The van der Waals surface area contributed by atoms with Crippen molar-refractivity contribution in [3.05, 3.63) is 88.3 Å². The number of ether oxygens (including phenoxy) is 1. The first kappa shape index (κ1) is 14.7. The fraction of sp³-hybridized carbons (Fsp3) is 0.261. The third-order valence-corrected chi connectivity index (χ3v) is 5.57. The molecule has 0 fully saturated rings. The van der Waals surface area contributed by atoms with Gasteiger partial charge in [0.1, 0.15) is 12.4 Å². The molecule has 0 bridgehead atoms. The van der Waals surface area contributed by atoms with E-state index in [-0.39, 0.29) is 0 Å². The number of allylic oxidation sites excluding steroid dienone is 5. The molecule has 1 aromatic carbocycles. The zero-order valence-electron chi connectivity index (χ0n) is 14.2. The molecule has 124 valence electrons. The van der Waals surface area contributed by atoms with Crippen LogP contribution in [0.1, 0.15) is 36.0 Å². The van der Waals surface area contributed by atoms with Crippen molar-refractivity contribution in [2.24, 2.45) is 5.92 Å². The number of aromatic nitrogens is 1. The molecule has 2 heteroatoms. The molecule has 0 saturated heterocycles. The first-order valence-electron chi connectivity index (χ1n) is 9.11. The smallest absolute Gasteiger partial charge is 0.120 e. The van der Waals surface area contributed by atoms with Crippen LogP contribution in [0.3, 0.4) is 0 Å². The monoisotopic (exact) mass is 327 g/mol. The van der Waals surface area contributed by atoms with E-state index >= 15 is 0 Å². The molecule has 0 N–H and O–H groups in total. The Hall–Kier alpha value is -2.61. The predicted octanol–water partition coefficient (Wildman–Crippen LogP) is 5.27. The quantitative estimate of drug-likeness (QED) is 0.714. The molecule has 0 aliphatic heterocycles. The molecule has 1 unspecified atom stereocenters. The van der Waals surface area contributed by atoms with Gasteiger partial charge in [0.2, 0.25) is 0 Å². The van der Waals surface area contributed by atoms with Crippen molar-refractivity contribution in [1.82, 2.24) is 4.98 Å². The van der Waals surface area contributed by atoms with E-state index in [1.54, 1.807) is 17.3 Å². The zero-order chi connectivity index (χ0) is 16.6. The summed E-state index contributed by atoms with van der Waals surface area (Å²) in [5, 5.41) is 0. The summed E-state index contributed by atoms with van der Waals surface area (Å²) in [5.41, 5.74) is 8.56. The minimum atomic E-state index is 0.560. The standard InChI is InChI=1S/C23H21NO/c1-4-17-7-9-23(22(17)5-1)20-11-18-6-8-21(13-19(18)12-20)25-15-16-3-2-10-24-14-16/h2-4,6,8-10,12-14,22H,1,5,7,11,15H2. The summed E-state index contributed by atoms with van der Waals surface area (Å²) in [6, 6.07) is 10.5. The number of hydrogen-bond acceptors (Lipinski definition) is 2. The lowest BCUT2D eigenvalue weighted by atomic mass is 9.91. The summed E-state index contributed by atoms with van der Waals surface area (Å²) in [6.45, 7) is 0.560. The summed E-state index contributed by atoms with van der Waals surface area (Å²) < 4.78 is 5.95. The zero-order valence-corrected chi connectivity index (χ0v) is 14.2. The largest absolute Gasteiger partial charge is 0.489 e. The molecule has 1 atom stereocenters. The summed E-state index contributed by atoms with van der Waals surface area (Å²) in [4.78, 5) is 4.13. The molecule has 3 aliphatic rings. The van der Waals surface area contributed by atoms with E-state index in [1.807, 2.05) is 18.3 Å². The van der Waals surface area contributed by atoms with Crippen LogP contribution in [0.15, 0.2) is 71.6 Å². The Bertz CT molecular complexity index is 905. The lowest BCUT2D eigenvalue weighted by molar-refractivity contribution is 0.305. The number of nitrogens with zero attached hydrogens (tertiary/aromatic N) is 1. The Morgan fingerprint density at radius 2 is 2.16 bits per heavy atom. The van der Waals surface area contributed by atoms with Gasteiger partial charge < -0.3 is 4.74 Å². The first-order chi connectivity index (χ1) is 12.4. The molecule has 3 aliphatic carbocycles. The molecular formula is C23H21NO. The van der Waals surface area contributed by atoms with Crippen molar-refractivity contribution in [3.8, 4) is 5.75 Å². The summed E-state index contributed by atoms with van der Waals surface area (Å²) in [6.07, 6.45) is 15.7. The molecule has 0 amide bonds. The molecule has 25 heavy (non-hydrogen) atoms. The van der Waals surface area contributed by atoms with E-state index in [0.717, 1.165) is 24.2 Å². The average Bonchev–Trinajstić information content (AvgIpc) is 3.35. The van der Waals surface area contributed by atoms with Crippen LogP contribution >= 0.6 is 0 Å². The lowest BCUT2D eigenvalue weighted by Gasteiger charge is -2.13. The van der Waals surface area contributed by atoms with Crippen LogP contribution in [0, 0.1) is 5.92 Å². The molecule has 0 radical (unpaired) electrons. The predicted molar refractivity (Wildman–Crippen MR) is 100 cm³/mol. The maximum Gasteiger partial charge on any atom is 0.120 e. The number of pyridine rings is 1. The number of hydrogen-bond donors (Lipinski definition) is 0. The highest BCUT2D eigenvalue weighted by Crippen LogP contribution is 2.45. The second kappa shape index (κ2) is 6.03. The highest BCUT2D eigenvalue weighted by atomic mass is 16.5. The minimum Gasteiger partial charge on any atom is -0.489 e. The fourth-order valence-corrected chi connectivity index (χ4v) is 4.31. The van der Waals surface area contributed by atoms with Crippen LogP contribution in [0.4, 0.5) is 0 Å². The van der Waals surface area contributed by atoms with Gasteiger partial charge in [-0.3, -0.25) is 4.98 Å². The molecular weight excluding hydrogens is 306 g/mol. The van der Waals surface area contributed by atoms with Gasteiger partial charge in [-0.05, 0) is 66.2 Å². The van der Waals surface area contributed by atoms with Gasteiger partial charge in [0.25, 0.3) is 0 Å². The van der Waals surface area contributed by atoms with E-state index in [1.165, 1.54) is 29.5 Å². The number of fused-ring (bicyclic) bond motifs is 2. The molecule has 1 heterocycles. The van der Waals surface area contributed by atoms with Gasteiger partial charge >= 0.3 is 0 Å². The van der Waals surface area contributed by atoms with E-state index in [9.17, 15) is 0 Å². The average molecular weight is 327 g/mol. The maximum absolute atomic E-state index is 5.95. The summed E-state index contributed by atoms with van der Waals surface area (Å²) in [5.74, 6) is 1.63. The fourth-order valence-electron chi connectivity index (χ4n) is 4.31. The van der Waals surface area contributed by atoms with Crippen LogP contribution in [0.25, 0.3) is 6.08 Å². The van der Waals surface area contributed by atoms with Gasteiger partial charge in [0.15, 0.2) is 0 Å². The van der Waals surface area contributed by atoms with Crippen LogP contribution in [-0.4, -0.2) is 4.98 Å². The van der Waals surface area contributed by atoms with Crippen LogP contribution < -0.4 is 4.74 Å². The third-order valence-electron chi connectivity index (χ3n) is 5.57. The van der Waals surface area contributed by atoms with Gasteiger partial charge in [-0.25, -0.2) is 0 Å². The molecule has 5 rings (SSSR count). The van der Waals surface area contributed by atoms with E-state index in [4.69, 9.17) is 4.74 Å². The van der Waals surface area contributed by atoms with Gasteiger partial charge in [0, 0.05) is 23.9 Å². The molecule has 0 spiro atoms. The van der Waals surface area contributed by atoms with Crippen molar-refractivity contribution >= 4 is 6.08 Å². The molecule has 1 aromatic heterocycles. The Kier molecular flexibility index (Phi) is 3.55. The highest BCUT2D eigenvalue weighted by molar-refractivity contribution is 5.71. The SMILES string of the molecule is C1=C(C2=CCC3=CCCC32)Cc2ccc(OCc3cccnc3)cc21. The Morgan fingerprint density at radius 3 is 3.08 bits per heavy atom. The van der Waals surface area contributed by atoms with Crippen LogP contribution in [0.5, 0.6) is 5.75 Å². The Balaban J connectivity index is 1.33. The van der Waals surface area contributed by atoms with Gasteiger partial charge in [0.05, 0.1) is 0 Å². The van der Waals surface area contributed by atoms with Gasteiger partial charge in [-0.15, -0.1) is 0 Å². The molecule has 0 saturated carbocycles. The van der Waals surface area contributed by atoms with Crippen molar-refractivity contribution in [2.45, 2.75) is 32.3 Å². The van der Waals surface area contributed by atoms with E-state index in [2.05, 4.69) is 41.4 Å². The normalized spacial score (nSPS) is 20.6. The van der Waals surface area contributed by atoms with Crippen LogP contribution in [0.2, 0.25) is 0 Å². The summed E-state index contributed by atoms with van der Waals surface area (Å²) in [7, 11) is 0. The second-order valence-corrected chi connectivity index (χ2v) is 7.13. The number of benzene rings is 1. The van der Waals surface area contributed by atoms with E-state index < -0.39 is 0 Å². The van der Waals surface area contributed by atoms with Crippen molar-refractivity contribution in [1.29, 1.82) is 0 Å². The maximum atomic E-state index is 5.95. The number of rotatable bonds is 4. The highest BCUT2D eigenvalue weighted by Gasteiger charge is 2.30. The Labute approximate surface area is 148 Å². The minimum absolute atomic E-state index is 0.560. The Morgan fingerprint density at radius 1 is 1.16 bits per heavy atom. The lowest BCUT2D eigenvalue weighted by Crippen LogP contribution is -2.00. The van der Waals surface area contributed by atoms with E-state index in [0.29, 0.717) is 12.5 Å². The van der Waals surface area contributed by atoms with Crippen molar-refractivity contribution in [3.63, 3.8) is 0 Å². The molecule has 2 aromatic rings. The van der Waals surface area contributed by atoms with Crippen LogP contribution in [-0.2, 0) is 13.0 Å². The van der Waals surface area contributed by atoms with Gasteiger partial charge in [-0.2, -0.15) is 0 Å². The first-order valence-corrected chi connectivity index (χ1v) is 9.11. The second-order valence-electron chi connectivity index (χ2n) is 7.13. The van der Waals surface area contributed by atoms with Crippen molar-refractivity contribution in [2.75, 3.05) is 0 Å². The summed E-state index contributed by atoms with van der Waals surface area (Å²) >= 11 is 0. The van der Waals surface area contributed by atoms with Crippen molar-refractivity contribution < 1.29 is 4.74 Å².